The predicted octanol–water partition coefficient (Wildman–Crippen LogP) is 2.30. The Morgan fingerprint density at radius 2 is 1.91 bits per heavy atom. The number of aryl methyl sites for hydroxylation is 1. The van der Waals surface area contributed by atoms with E-state index >= 15 is 0 Å². The number of amides is 2. The molecule has 0 radical (unpaired) electrons. The number of urea groups is 1. The van der Waals surface area contributed by atoms with E-state index in [1.54, 1.807) is 0 Å². The Bertz CT molecular complexity index is 515. The first-order valence-electron chi connectivity index (χ1n) is 8.06. The number of aliphatic hydroxyl groups is 1. The van der Waals surface area contributed by atoms with Gasteiger partial charge >= 0.3 is 6.03 Å². The summed E-state index contributed by atoms with van der Waals surface area (Å²) in [6.45, 7) is 9.27. The minimum Gasteiger partial charge on any atom is -0.387 e. The lowest BCUT2D eigenvalue weighted by Gasteiger charge is -2.34. The molecule has 130 valence electrons. The number of hydrogen-bond acceptors (Lipinski definition) is 3. The maximum absolute atomic E-state index is 12.1. The van der Waals surface area contributed by atoms with Crippen LogP contribution in [0.25, 0.3) is 0 Å². The van der Waals surface area contributed by atoms with Gasteiger partial charge in [0.05, 0.1) is 6.10 Å². The minimum absolute atomic E-state index is 0.0144. The van der Waals surface area contributed by atoms with Gasteiger partial charge in [-0.2, -0.15) is 0 Å². The Kier molecular flexibility index (Phi) is 7.03. The summed E-state index contributed by atoms with van der Waals surface area (Å²) in [5.41, 5.74) is 1.81. The molecule has 0 aliphatic carbocycles. The van der Waals surface area contributed by atoms with Gasteiger partial charge in [0.25, 0.3) is 0 Å². The summed E-state index contributed by atoms with van der Waals surface area (Å²) in [7, 11) is 4.04. The Balaban J connectivity index is 2.49. The summed E-state index contributed by atoms with van der Waals surface area (Å²) in [4.78, 5) is 14.2. The number of hydrogen-bond donors (Lipinski definition) is 3. The van der Waals surface area contributed by atoms with Crippen LogP contribution in [0, 0.1) is 12.3 Å². The maximum Gasteiger partial charge on any atom is 0.315 e. The van der Waals surface area contributed by atoms with Crippen LogP contribution in [0.5, 0.6) is 0 Å². The molecule has 0 bridgehead atoms. The lowest BCUT2D eigenvalue weighted by molar-refractivity contribution is 0.163. The van der Waals surface area contributed by atoms with Gasteiger partial charge in [0.1, 0.15) is 0 Å². The molecule has 0 heterocycles. The number of aliphatic hydroxyl groups excluding tert-OH is 1. The summed E-state index contributed by atoms with van der Waals surface area (Å²) in [6.07, 6.45) is -0.702. The highest BCUT2D eigenvalue weighted by molar-refractivity contribution is 5.74. The zero-order valence-corrected chi connectivity index (χ0v) is 15.2. The number of nitrogens with one attached hydrogen (secondary N) is 2. The van der Waals surface area contributed by atoms with Crippen LogP contribution in [0.3, 0.4) is 0 Å². The summed E-state index contributed by atoms with van der Waals surface area (Å²) in [5, 5.41) is 15.9. The van der Waals surface area contributed by atoms with Crippen molar-refractivity contribution in [1.29, 1.82) is 0 Å². The van der Waals surface area contributed by atoms with Crippen molar-refractivity contribution in [3.63, 3.8) is 0 Å². The Labute approximate surface area is 140 Å². The van der Waals surface area contributed by atoms with E-state index in [9.17, 15) is 9.90 Å². The number of benzene rings is 1. The Morgan fingerprint density at radius 3 is 2.48 bits per heavy atom. The molecule has 3 N–H and O–H groups in total. The number of carbonyl (C=O) groups is 1. The molecule has 0 saturated heterocycles. The molecule has 2 unspecified atom stereocenters. The molecule has 2 amide bonds. The molecule has 0 spiro atoms. The third kappa shape index (κ3) is 6.20. The van der Waals surface area contributed by atoms with Gasteiger partial charge in [-0.05, 0) is 44.5 Å². The summed E-state index contributed by atoms with van der Waals surface area (Å²) in [6, 6.07) is 7.40. The topological polar surface area (TPSA) is 64.6 Å². The highest BCUT2D eigenvalue weighted by Gasteiger charge is 2.27. The van der Waals surface area contributed by atoms with E-state index < -0.39 is 6.10 Å². The van der Waals surface area contributed by atoms with Crippen LogP contribution in [-0.2, 0) is 0 Å². The van der Waals surface area contributed by atoms with Crippen LogP contribution in [0.1, 0.15) is 38.0 Å². The number of carbonyl (C=O) groups excluding carboxylic acids is 1. The normalized spacial score (nSPS) is 14.4. The highest BCUT2D eigenvalue weighted by atomic mass is 16.3. The predicted molar refractivity (Wildman–Crippen MR) is 94.5 cm³/mol. The van der Waals surface area contributed by atoms with E-state index in [1.807, 2.05) is 52.2 Å². The van der Waals surface area contributed by atoms with Crippen LogP contribution < -0.4 is 10.6 Å². The fourth-order valence-corrected chi connectivity index (χ4v) is 2.65. The van der Waals surface area contributed by atoms with Gasteiger partial charge in [-0.1, -0.05) is 38.1 Å². The van der Waals surface area contributed by atoms with Gasteiger partial charge in [-0.15, -0.1) is 0 Å². The minimum atomic E-state index is -0.702. The molecule has 5 nitrogen and oxygen atoms in total. The van der Waals surface area contributed by atoms with E-state index in [4.69, 9.17) is 0 Å². The van der Waals surface area contributed by atoms with Crippen molar-refractivity contribution >= 4 is 6.03 Å². The Hall–Kier alpha value is -1.59. The number of nitrogens with zero attached hydrogens (tertiary/aromatic N) is 1. The van der Waals surface area contributed by atoms with Gasteiger partial charge < -0.3 is 20.6 Å². The first kappa shape index (κ1) is 19.5. The van der Waals surface area contributed by atoms with E-state index in [1.165, 1.54) is 0 Å². The zero-order valence-electron chi connectivity index (χ0n) is 15.2. The average molecular weight is 321 g/mol. The lowest BCUT2D eigenvalue weighted by atomic mass is 9.85. The third-order valence-electron chi connectivity index (χ3n) is 4.25. The molecule has 0 aliphatic heterocycles. The van der Waals surface area contributed by atoms with Crippen LogP contribution >= 0.6 is 0 Å². The second-order valence-electron chi connectivity index (χ2n) is 7.17. The largest absolute Gasteiger partial charge is 0.387 e. The molecular weight excluding hydrogens is 290 g/mol. The Morgan fingerprint density at radius 1 is 1.30 bits per heavy atom. The third-order valence-corrected chi connectivity index (χ3v) is 4.25. The smallest absolute Gasteiger partial charge is 0.315 e. The molecule has 5 heteroatoms. The quantitative estimate of drug-likeness (QED) is 0.722. The van der Waals surface area contributed by atoms with E-state index in [-0.39, 0.29) is 24.0 Å². The maximum atomic E-state index is 12.1. The second-order valence-corrected chi connectivity index (χ2v) is 7.17. The van der Waals surface area contributed by atoms with Gasteiger partial charge in [-0.25, -0.2) is 4.79 Å². The van der Waals surface area contributed by atoms with Crippen molar-refractivity contribution in [3.8, 4) is 0 Å². The number of rotatable bonds is 7. The van der Waals surface area contributed by atoms with Crippen LogP contribution in [0.4, 0.5) is 4.79 Å². The first-order chi connectivity index (χ1) is 10.6. The van der Waals surface area contributed by atoms with Crippen molar-refractivity contribution in [2.24, 2.45) is 5.41 Å². The van der Waals surface area contributed by atoms with Crippen molar-refractivity contribution in [1.82, 2.24) is 15.5 Å². The molecule has 0 aromatic heterocycles. The molecule has 0 fully saturated rings. The van der Waals surface area contributed by atoms with Gasteiger partial charge in [0.15, 0.2) is 0 Å². The van der Waals surface area contributed by atoms with Crippen molar-refractivity contribution in [2.75, 3.05) is 27.2 Å². The first-order valence-corrected chi connectivity index (χ1v) is 8.06. The van der Waals surface area contributed by atoms with Gasteiger partial charge in [0.2, 0.25) is 0 Å². The fraction of sp³-hybridized carbons (Fsp3) is 0.611. The van der Waals surface area contributed by atoms with Gasteiger partial charge in [0, 0.05) is 19.1 Å². The molecule has 1 aromatic rings. The van der Waals surface area contributed by atoms with Crippen LogP contribution in [0.2, 0.25) is 0 Å². The summed E-state index contributed by atoms with van der Waals surface area (Å²) in [5.74, 6) is 0. The zero-order chi connectivity index (χ0) is 17.6. The van der Waals surface area contributed by atoms with Crippen LogP contribution in [-0.4, -0.2) is 49.3 Å². The lowest BCUT2D eigenvalue weighted by Crippen LogP contribution is -2.50. The summed E-state index contributed by atoms with van der Waals surface area (Å²) >= 11 is 0. The van der Waals surface area contributed by atoms with Crippen molar-refractivity contribution < 1.29 is 9.90 Å². The molecule has 0 saturated carbocycles. The molecule has 23 heavy (non-hydrogen) atoms. The van der Waals surface area contributed by atoms with Crippen molar-refractivity contribution in [2.45, 2.75) is 39.8 Å². The summed E-state index contributed by atoms with van der Waals surface area (Å²) < 4.78 is 0. The van der Waals surface area contributed by atoms with E-state index in [0.29, 0.717) is 0 Å². The molecule has 2 atom stereocenters. The fourth-order valence-electron chi connectivity index (χ4n) is 2.65. The van der Waals surface area contributed by atoms with Crippen molar-refractivity contribution in [3.05, 3.63) is 35.4 Å². The molecule has 1 aromatic carbocycles. The second kappa shape index (κ2) is 8.31. The monoisotopic (exact) mass is 321 g/mol. The van der Waals surface area contributed by atoms with E-state index in [0.717, 1.165) is 17.7 Å². The van der Waals surface area contributed by atoms with Gasteiger partial charge in [-0.3, -0.25) is 0 Å². The molecule has 0 aliphatic rings. The SMILES string of the molecule is Cc1ccccc1C(O)CNC(=O)NC(C)C(C)(C)CN(C)C. The average Bonchev–Trinajstić information content (AvgIpc) is 2.43. The standard InChI is InChI=1S/C18H31N3O2/c1-13-9-7-8-10-15(13)16(22)11-19-17(23)20-14(2)18(3,4)12-21(5)6/h7-10,14,16,22H,11-12H2,1-6H3,(H2,19,20,23). The highest BCUT2D eigenvalue weighted by Crippen LogP contribution is 2.21. The molecule has 1 rings (SSSR count). The van der Waals surface area contributed by atoms with Crippen LogP contribution in [0.15, 0.2) is 24.3 Å². The van der Waals surface area contributed by atoms with E-state index in [2.05, 4.69) is 29.4 Å². The molecular formula is C18H31N3O2.